The van der Waals surface area contributed by atoms with Crippen LogP contribution in [-0.2, 0) is 4.79 Å². The Morgan fingerprint density at radius 1 is 0.944 bits per heavy atom. The largest absolute Gasteiger partial charge is 0.506 e. The Morgan fingerprint density at radius 2 is 1.47 bits per heavy atom. The molecule has 0 unspecified atom stereocenters. The van der Waals surface area contributed by atoms with Gasteiger partial charge >= 0.3 is 0 Å². The number of aromatic hydroxyl groups is 1. The Bertz CT molecular complexity index is 1000. The zero-order valence-electron chi connectivity index (χ0n) is 20.6. The van der Waals surface area contributed by atoms with Crippen LogP contribution in [0.25, 0.3) is 0 Å². The van der Waals surface area contributed by atoms with E-state index in [-0.39, 0.29) is 41.8 Å². The average Bonchev–Trinajstić information content (AvgIpc) is 2.79. The second-order valence-electron chi connectivity index (χ2n) is 9.74. The minimum Gasteiger partial charge on any atom is -0.506 e. The van der Waals surface area contributed by atoms with Gasteiger partial charge in [-0.1, -0.05) is 6.92 Å². The van der Waals surface area contributed by atoms with E-state index in [2.05, 4.69) is 20.6 Å². The summed E-state index contributed by atoms with van der Waals surface area (Å²) in [6.45, 7) is 4.20. The molecule has 13 heteroatoms. The van der Waals surface area contributed by atoms with E-state index >= 15 is 0 Å². The van der Waals surface area contributed by atoms with Crippen molar-refractivity contribution in [1.29, 1.82) is 0 Å². The lowest BCUT2D eigenvalue weighted by molar-refractivity contribution is -0.116. The van der Waals surface area contributed by atoms with Gasteiger partial charge in [0, 0.05) is 68.5 Å². The first kappa shape index (κ1) is 25.8. The number of hydrogen-bond acceptors (Lipinski definition) is 12. The number of anilines is 5. The maximum absolute atomic E-state index is 11.9. The average molecular weight is 500 g/mol. The molecule has 36 heavy (non-hydrogen) atoms. The van der Waals surface area contributed by atoms with Crippen molar-refractivity contribution in [2.75, 3.05) is 46.6 Å². The zero-order valence-corrected chi connectivity index (χ0v) is 20.6. The molecule has 2 aliphatic rings. The monoisotopic (exact) mass is 499 g/mol. The molecule has 13 nitrogen and oxygen atoms in total. The van der Waals surface area contributed by atoms with E-state index in [0.29, 0.717) is 55.9 Å². The number of nitrogens with one attached hydrogen (secondary N) is 2. The number of nitrogens with two attached hydrogens (primary N) is 4. The third kappa shape index (κ3) is 6.49. The summed E-state index contributed by atoms with van der Waals surface area (Å²) in [7, 11) is 0. The molecule has 196 valence electrons. The van der Waals surface area contributed by atoms with Crippen LogP contribution in [0.1, 0.15) is 32.6 Å². The van der Waals surface area contributed by atoms with Crippen LogP contribution in [0.5, 0.6) is 5.75 Å². The number of nitrogens with zero attached hydrogens (tertiary/aromatic N) is 5. The molecule has 4 atom stereocenters. The molecule has 2 saturated heterocycles. The molecule has 1 aromatic heterocycles. The number of piperidine rings is 2. The van der Waals surface area contributed by atoms with Crippen LogP contribution in [0.3, 0.4) is 0 Å². The summed E-state index contributed by atoms with van der Waals surface area (Å²) < 4.78 is 0. The van der Waals surface area contributed by atoms with Crippen molar-refractivity contribution < 1.29 is 9.90 Å². The van der Waals surface area contributed by atoms with Crippen molar-refractivity contribution in [2.24, 2.45) is 22.9 Å². The zero-order chi connectivity index (χ0) is 25.8. The Kier molecular flexibility index (Phi) is 8.04. The van der Waals surface area contributed by atoms with Crippen molar-refractivity contribution in [1.82, 2.24) is 15.0 Å². The third-order valence-electron chi connectivity index (χ3n) is 6.21. The molecule has 0 spiro atoms. The van der Waals surface area contributed by atoms with Gasteiger partial charge in [-0.25, -0.2) is 0 Å². The second-order valence-corrected chi connectivity index (χ2v) is 9.74. The Hall–Kier alpha value is -3.26. The number of hydrogen-bond donors (Lipinski definition) is 7. The molecule has 2 aliphatic heterocycles. The molecular weight excluding hydrogens is 462 g/mol. The molecule has 0 bridgehead atoms. The van der Waals surface area contributed by atoms with Crippen molar-refractivity contribution in [2.45, 2.75) is 56.8 Å². The summed E-state index contributed by atoms with van der Waals surface area (Å²) in [5.74, 6) is 0.968. The van der Waals surface area contributed by atoms with Gasteiger partial charge in [0.1, 0.15) is 5.75 Å². The summed E-state index contributed by atoms with van der Waals surface area (Å²) >= 11 is 0. The van der Waals surface area contributed by atoms with E-state index < -0.39 is 0 Å². The number of aromatic nitrogens is 3. The van der Waals surface area contributed by atoms with Crippen LogP contribution >= 0.6 is 0 Å². The lowest BCUT2D eigenvalue weighted by Crippen LogP contribution is -2.54. The van der Waals surface area contributed by atoms with Gasteiger partial charge < -0.3 is 48.5 Å². The topological polar surface area (TPSA) is 211 Å². The van der Waals surface area contributed by atoms with Crippen molar-refractivity contribution in [3.63, 3.8) is 0 Å². The predicted octanol–water partition coefficient (Wildman–Crippen LogP) is -0.211. The van der Waals surface area contributed by atoms with Gasteiger partial charge in [-0.05, 0) is 31.4 Å². The first-order chi connectivity index (χ1) is 17.2. The molecule has 0 saturated carbocycles. The van der Waals surface area contributed by atoms with Gasteiger partial charge in [-0.3, -0.25) is 4.79 Å². The van der Waals surface area contributed by atoms with Crippen LogP contribution in [0.2, 0.25) is 0 Å². The van der Waals surface area contributed by atoms with Crippen LogP contribution in [0.4, 0.5) is 29.2 Å². The predicted molar refractivity (Wildman–Crippen MR) is 140 cm³/mol. The molecule has 1 amide bonds. The van der Waals surface area contributed by atoms with Gasteiger partial charge in [-0.2, -0.15) is 15.0 Å². The normalized spacial score (nSPS) is 24.5. The van der Waals surface area contributed by atoms with E-state index in [9.17, 15) is 9.90 Å². The fourth-order valence-corrected chi connectivity index (χ4v) is 4.66. The van der Waals surface area contributed by atoms with Gasteiger partial charge in [0.15, 0.2) is 0 Å². The Balaban J connectivity index is 1.61. The number of benzene rings is 1. The smallest absolute Gasteiger partial charge is 0.233 e. The lowest BCUT2D eigenvalue weighted by Gasteiger charge is -2.37. The number of carbonyl (C=O) groups excluding carboxylic acids is 1. The van der Waals surface area contributed by atoms with E-state index in [1.54, 1.807) is 12.1 Å². The Morgan fingerprint density at radius 3 is 1.94 bits per heavy atom. The van der Waals surface area contributed by atoms with E-state index in [1.807, 2.05) is 16.7 Å². The lowest BCUT2D eigenvalue weighted by atomic mass is 10.0. The first-order valence-electron chi connectivity index (χ1n) is 12.4. The van der Waals surface area contributed by atoms with Gasteiger partial charge in [0.05, 0.1) is 5.69 Å². The third-order valence-corrected chi connectivity index (χ3v) is 6.21. The molecule has 1 aromatic carbocycles. The highest BCUT2D eigenvalue weighted by Crippen LogP contribution is 2.29. The molecule has 11 N–H and O–H groups in total. The summed E-state index contributed by atoms with van der Waals surface area (Å²) in [4.78, 5) is 29.8. The molecule has 0 radical (unpaired) electrons. The summed E-state index contributed by atoms with van der Waals surface area (Å²) in [5, 5.41) is 16.3. The quantitative estimate of drug-likeness (QED) is 0.247. The molecule has 0 aliphatic carbocycles. The maximum atomic E-state index is 11.9. The van der Waals surface area contributed by atoms with Crippen LogP contribution in [0, 0.1) is 0 Å². The second kappa shape index (κ2) is 11.2. The van der Waals surface area contributed by atoms with Crippen LogP contribution < -0.4 is 43.4 Å². The highest BCUT2D eigenvalue weighted by molar-refractivity contribution is 5.92. The van der Waals surface area contributed by atoms with Crippen LogP contribution in [-0.4, -0.2) is 76.3 Å². The minimum atomic E-state index is -0.156. The number of carbonyl (C=O) groups is 1. The fraction of sp³-hybridized carbons (Fsp3) is 0.565. The van der Waals surface area contributed by atoms with Crippen molar-refractivity contribution >= 4 is 35.1 Å². The number of amides is 1. The van der Waals surface area contributed by atoms with E-state index in [0.717, 1.165) is 19.3 Å². The SMILES string of the molecule is CCCC(=O)Nc1ccc(Nc2nc(N3C[C@H](N)C[C@H](N)C3)nc(N3C[C@H](N)C[C@H](N)C3)n2)cc1O. The molecule has 2 fully saturated rings. The van der Waals surface area contributed by atoms with Crippen LogP contribution in [0.15, 0.2) is 18.2 Å². The summed E-state index contributed by atoms with van der Waals surface area (Å²) in [6.07, 6.45) is 2.56. The Labute approximate surface area is 210 Å². The highest BCUT2D eigenvalue weighted by Gasteiger charge is 2.28. The number of phenols is 1. The molecule has 2 aromatic rings. The number of rotatable bonds is 7. The summed E-state index contributed by atoms with van der Waals surface area (Å²) in [5.41, 5.74) is 25.7. The van der Waals surface area contributed by atoms with Gasteiger partial charge in [0.2, 0.25) is 23.8 Å². The minimum absolute atomic E-state index is 0.0695. The fourth-order valence-electron chi connectivity index (χ4n) is 4.66. The van der Waals surface area contributed by atoms with Gasteiger partial charge in [-0.15, -0.1) is 0 Å². The van der Waals surface area contributed by atoms with Gasteiger partial charge in [0.25, 0.3) is 0 Å². The highest BCUT2D eigenvalue weighted by atomic mass is 16.3. The molecule has 4 rings (SSSR count). The van der Waals surface area contributed by atoms with E-state index in [4.69, 9.17) is 27.9 Å². The van der Waals surface area contributed by atoms with Crippen molar-refractivity contribution in [3.05, 3.63) is 18.2 Å². The number of phenolic OH excluding ortho intramolecular Hbond substituents is 1. The van der Waals surface area contributed by atoms with E-state index in [1.165, 1.54) is 6.07 Å². The maximum Gasteiger partial charge on any atom is 0.233 e. The summed E-state index contributed by atoms with van der Waals surface area (Å²) in [6, 6.07) is 4.50. The van der Waals surface area contributed by atoms with Crippen molar-refractivity contribution in [3.8, 4) is 5.75 Å². The molecule has 3 heterocycles. The molecular formula is C23H37N11O2. The first-order valence-corrected chi connectivity index (χ1v) is 12.4. The standard InChI is InChI=1S/C23H37N11O2/c1-2-3-20(36)29-18-5-4-17(8-19(18)35)28-21-30-22(33-9-13(24)6-14(25)10-33)32-23(31-21)34-11-15(26)7-16(27)12-34/h4-5,8,13-16,35H,2-3,6-7,9-12,24-27H2,1H3,(H,29,36)(H,28,30,31,32)/t13-,14+,15-,16+.